The summed E-state index contributed by atoms with van der Waals surface area (Å²) in [4.78, 5) is 13.6. The van der Waals surface area contributed by atoms with Crippen LogP contribution < -0.4 is 5.32 Å². The van der Waals surface area contributed by atoms with E-state index >= 15 is 0 Å². The zero-order valence-corrected chi connectivity index (χ0v) is 11.5. The fraction of sp³-hybridized carbons (Fsp3) is 0.400. The highest BCUT2D eigenvalue weighted by atomic mass is 16.3. The molecule has 2 amide bonds. The first-order valence-corrected chi connectivity index (χ1v) is 6.74. The molecule has 19 heavy (non-hydrogen) atoms. The van der Waals surface area contributed by atoms with Crippen molar-refractivity contribution in [1.82, 2.24) is 10.2 Å². The van der Waals surface area contributed by atoms with Crippen LogP contribution in [0.2, 0.25) is 0 Å². The summed E-state index contributed by atoms with van der Waals surface area (Å²) in [6, 6.07) is 7.94. The van der Waals surface area contributed by atoms with E-state index in [4.69, 9.17) is 4.42 Å². The number of amides is 2. The second kappa shape index (κ2) is 6.27. The Hall–Kier alpha value is -1.97. The normalized spacial score (nSPS) is 10.6. The van der Waals surface area contributed by atoms with Gasteiger partial charge >= 0.3 is 6.03 Å². The van der Waals surface area contributed by atoms with E-state index in [2.05, 4.69) is 5.32 Å². The van der Waals surface area contributed by atoms with E-state index in [1.54, 1.807) is 11.2 Å². The fourth-order valence-electron chi connectivity index (χ4n) is 2.15. The van der Waals surface area contributed by atoms with E-state index in [-0.39, 0.29) is 6.03 Å². The SMILES string of the molecule is CCN(CC)C(=O)NCCc1coc2ccccc12. The highest BCUT2D eigenvalue weighted by Gasteiger charge is 2.09. The highest BCUT2D eigenvalue weighted by Crippen LogP contribution is 2.20. The Bertz CT molecular complexity index is 544. The van der Waals surface area contributed by atoms with E-state index in [9.17, 15) is 4.79 Å². The first kappa shape index (κ1) is 13.5. The molecule has 0 atom stereocenters. The third-order valence-electron chi connectivity index (χ3n) is 3.28. The molecule has 4 nitrogen and oxygen atoms in total. The number of benzene rings is 1. The van der Waals surface area contributed by atoms with Gasteiger partial charge in [-0.05, 0) is 31.9 Å². The van der Waals surface area contributed by atoms with Crippen LogP contribution in [0, 0.1) is 0 Å². The summed E-state index contributed by atoms with van der Waals surface area (Å²) in [5.41, 5.74) is 2.03. The van der Waals surface area contributed by atoms with E-state index in [1.165, 1.54) is 0 Å². The van der Waals surface area contributed by atoms with E-state index in [1.807, 2.05) is 38.1 Å². The maximum Gasteiger partial charge on any atom is 0.317 e. The van der Waals surface area contributed by atoms with Gasteiger partial charge in [-0.25, -0.2) is 4.79 Å². The quantitative estimate of drug-likeness (QED) is 0.898. The number of urea groups is 1. The van der Waals surface area contributed by atoms with Crippen LogP contribution in [-0.4, -0.2) is 30.6 Å². The number of fused-ring (bicyclic) bond motifs is 1. The number of nitrogens with one attached hydrogen (secondary N) is 1. The predicted molar refractivity (Wildman–Crippen MR) is 76.2 cm³/mol. The second-order valence-electron chi connectivity index (χ2n) is 4.41. The number of furan rings is 1. The molecule has 0 bridgehead atoms. The van der Waals surface area contributed by atoms with Crippen molar-refractivity contribution in [2.75, 3.05) is 19.6 Å². The Balaban J connectivity index is 1.91. The van der Waals surface area contributed by atoms with Crippen molar-refractivity contribution in [3.8, 4) is 0 Å². The van der Waals surface area contributed by atoms with Crippen LogP contribution in [0.4, 0.5) is 4.79 Å². The highest BCUT2D eigenvalue weighted by molar-refractivity contribution is 5.81. The lowest BCUT2D eigenvalue weighted by Crippen LogP contribution is -2.40. The molecule has 2 aromatic rings. The summed E-state index contributed by atoms with van der Waals surface area (Å²) < 4.78 is 5.47. The molecular weight excluding hydrogens is 240 g/mol. The van der Waals surface area contributed by atoms with Crippen molar-refractivity contribution < 1.29 is 9.21 Å². The van der Waals surface area contributed by atoms with Crippen LogP contribution in [0.5, 0.6) is 0 Å². The second-order valence-corrected chi connectivity index (χ2v) is 4.41. The van der Waals surface area contributed by atoms with Gasteiger partial charge in [-0.15, -0.1) is 0 Å². The van der Waals surface area contributed by atoms with Crippen LogP contribution in [0.25, 0.3) is 11.0 Å². The van der Waals surface area contributed by atoms with Gasteiger partial charge in [0.05, 0.1) is 6.26 Å². The number of carbonyl (C=O) groups excluding carboxylic acids is 1. The molecule has 0 unspecified atom stereocenters. The molecule has 4 heteroatoms. The number of hydrogen-bond acceptors (Lipinski definition) is 2. The van der Waals surface area contributed by atoms with Crippen molar-refractivity contribution in [2.45, 2.75) is 20.3 Å². The number of rotatable bonds is 5. The molecule has 0 spiro atoms. The minimum atomic E-state index is -0.00204. The zero-order valence-electron chi connectivity index (χ0n) is 11.5. The van der Waals surface area contributed by atoms with Crippen molar-refractivity contribution in [3.05, 3.63) is 36.1 Å². The summed E-state index contributed by atoms with van der Waals surface area (Å²) in [5.74, 6) is 0. The minimum Gasteiger partial charge on any atom is -0.464 e. The van der Waals surface area contributed by atoms with Crippen molar-refractivity contribution in [1.29, 1.82) is 0 Å². The Labute approximate surface area is 113 Å². The number of carbonyl (C=O) groups is 1. The summed E-state index contributed by atoms with van der Waals surface area (Å²) in [6.45, 7) is 6.05. The first-order valence-electron chi connectivity index (χ1n) is 6.74. The molecule has 0 fully saturated rings. The molecule has 0 saturated carbocycles. The Morgan fingerprint density at radius 3 is 2.74 bits per heavy atom. The largest absolute Gasteiger partial charge is 0.464 e. The molecule has 1 aromatic heterocycles. The monoisotopic (exact) mass is 260 g/mol. The van der Waals surface area contributed by atoms with Gasteiger partial charge in [0, 0.05) is 25.0 Å². The lowest BCUT2D eigenvalue weighted by Gasteiger charge is -2.18. The average Bonchev–Trinajstić information content (AvgIpc) is 2.84. The van der Waals surface area contributed by atoms with Gasteiger partial charge in [-0.3, -0.25) is 0 Å². The molecule has 0 saturated heterocycles. The number of nitrogens with zero attached hydrogens (tertiary/aromatic N) is 1. The molecule has 1 N–H and O–H groups in total. The lowest BCUT2D eigenvalue weighted by atomic mass is 10.1. The topological polar surface area (TPSA) is 45.5 Å². The number of hydrogen-bond donors (Lipinski definition) is 1. The Morgan fingerprint density at radius 2 is 2.00 bits per heavy atom. The Morgan fingerprint density at radius 1 is 1.26 bits per heavy atom. The van der Waals surface area contributed by atoms with Crippen LogP contribution >= 0.6 is 0 Å². The van der Waals surface area contributed by atoms with E-state index < -0.39 is 0 Å². The molecule has 2 rings (SSSR count). The van der Waals surface area contributed by atoms with Crippen LogP contribution in [-0.2, 0) is 6.42 Å². The smallest absolute Gasteiger partial charge is 0.317 e. The summed E-state index contributed by atoms with van der Waals surface area (Å²) in [6.07, 6.45) is 2.55. The van der Waals surface area contributed by atoms with Gasteiger partial charge in [0.15, 0.2) is 0 Å². The van der Waals surface area contributed by atoms with Gasteiger partial charge < -0.3 is 14.6 Å². The van der Waals surface area contributed by atoms with E-state index in [0.717, 1.165) is 36.0 Å². The summed E-state index contributed by atoms with van der Waals surface area (Å²) in [7, 11) is 0. The minimum absolute atomic E-state index is 0.00204. The molecule has 1 heterocycles. The van der Waals surface area contributed by atoms with Gasteiger partial charge in [0.25, 0.3) is 0 Å². The molecule has 102 valence electrons. The molecular formula is C15H20N2O2. The van der Waals surface area contributed by atoms with Gasteiger partial charge in [0.2, 0.25) is 0 Å². The van der Waals surface area contributed by atoms with Crippen molar-refractivity contribution >= 4 is 17.0 Å². The summed E-state index contributed by atoms with van der Waals surface area (Å²) >= 11 is 0. The van der Waals surface area contributed by atoms with Gasteiger partial charge in [-0.1, -0.05) is 18.2 Å². The maximum atomic E-state index is 11.8. The first-order chi connectivity index (χ1) is 9.26. The van der Waals surface area contributed by atoms with Crippen molar-refractivity contribution in [2.24, 2.45) is 0 Å². The average molecular weight is 260 g/mol. The number of para-hydroxylation sites is 1. The molecule has 0 radical (unpaired) electrons. The van der Waals surface area contributed by atoms with Crippen LogP contribution in [0.3, 0.4) is 0 Å². The molecule has 0 aliphatic rings. The third kappa shape index (κ3) is 3.08. The molecule has 0 aliphatic heterocycles. The Kier molecular flexibility index (Phi) is 4.44. The maximum absolute atomic E-state index is 11.8. The molecule has 0 aliphatic carbocycles. The molecule has 1 aromatic carbocycles. The zero-order chi connectivity index (χ0) is 13.7. The lowest BCUT2D eigenvalue weighted by molar-refractivity contribution is 0.203. The summed E-state index contributed by atoms with van der Waals surface area (Å²) in [5, 5.41) is 4.06. The predicted octanol–water partition coefficient (Wildman–Crippen LogP) is 3.03. The van der Waals surface area contributed by atoms with E-state index in [0.29, 0.717) is 6.54 Å². The van der Waals surface area contributed by atoms with Crippen LogP contribution in [0.1, 0.15) is 19.4 Å². The van der Waals surface area contributed by atoms with Crippen LogP contribution in [0.15, 0.2) is 34.9 Å². The van der Waals surface area contributed by atoms with Crippen molar-refractivity contribution in [3.63, 3.8) is 0 Å². The third-order valence-corrected chi connectivity index (χ3v) is 3.28. The van der Waals surface area contributed by atoms with Gasteiger partial charge in [0.1, 0.15) is 5.58 Å². The van der Waals surface area contributed by atoms with Gasteiger partial charge in [-0.2, -0.15) is 0 Å². The fourth-order valence-corrected chi connectivity index (χ4v) is 2.15. The standard InChI is InChI=1S/C15H20N2O2/c1-3-17(4-2)15(18)16-10-9-12-11-19-14-8-6-5-7-13(12)14/h5-8,11H,3-4,9-10H2,1-2H3,(H,16,18).